The van der Waals surface area contributed by atoms with Crippen LogP contribution in [0.3, 0.4) is 0 Å². The van der Waals surface area contributed by atoms with Crippen molar-refractivity contribution in [3.8, 4) is 0 Å². The zero-order chi connectivity index (χ0) is 41.2. The van der Waals surface area contributed by atoms with Crippen molar-refractivity contribution in [2.45, 2.75) is 270 Å². The number of phosphoric acid groups is 1. The van der Waals surface area contributed by atoms with E-state index in [1.165, 1.54) is 180 Å². The van der Waals surface area contributed by atoms with Gasteiger partial charge in [0.1, 0.15) is 0 Å². The number of carbonyl (C=O) groups excluding carboxylic acids is 1. The monoisotopic (exact) mass is 819 g/mol. The van der Waals surface area contributed by atoms with E-state index in [0.29, 0.717) is 12.8 Å². The third kappa shape index (κ3) is 40.2. The molecule has 0 fully saturated rings. The molecule has 10 heteroatoms. The van der Waals surface area contributed by atoms with Gasteiger partial charge in [0.25, 0.3) is 0 Å². The SMILES string of the molecule is CCCCCCCCCCCCCCCCCCCCCCCC(O)C(COP(=O)(O)OCCN)NC(=O)CC(O)CCCCCCCCCCCCCCC. The Morgan fingerprint density at radius 3 is 1.20 bits per heavy atom. The Kier molecular flexibility index (Phi) is 42.2. The molecule has 0 aliphatic rings. The second-order valence-corrected chi connectivity index (χ2v) is 18.3. The van der Waals surface area contributed by atoms with Crippen molar-refractivity contribution >= 4 is 13.7 Å². The Labute approximate surface area is 346 Å². The lowest BCUT2D eigenvalue weighted by Crippen LogP contribution is -2.47. The zero-order valence-electron chi connectivity index (χ0n) is 37.0. The largest absolute Gasteiger partial charge is 0.472 e. The van der Waals surface area contributed by atoms with E-state index in [0.717, 1.165) is 38.5 Å². The highest BCUT2D eigenvalue weighted by Gasteiger charge is 2.28. The number of aliphatic hydroxyl groups excluding tert-OH is 2. The van der Waals surface area contributed by atoms with Crippen molar-refractivity contribution in [2.75, 3.05) is 19.8 Å². The fourth-order valence-electron chi connectivity index (χ4n) is 7.59. The summed E-state index contributed by atoms with van der Waals surface area (Å²) in [7, 11) is -4.37. The third-order valence-corrected chi connectivity index (χ3v) is 12.2. The molecule has 0 heterocycles. The zero-order valence-corrected chi connectivity index (χ0v) is 37.9. The Morgan fingerprint density at radius 1 is 0.536 bits per heavy atom. The van der Waals surface area contributed by atoms with E-state index in [2.05, 4.69) is 19.2 Å². The van der Waals surface area contributed by atoms with Crippen LogP contribution in [0.15, 0.2) is 0 Å². The van der Waals surface area contributed by atoms with Crippen molar-refractivity contribution in [1.29, 1.82) is 0 Å². The first-order valence-corrected chi connectivity index (χ1v) is 25.7. The Morgan fingerprint density at radius 2 is 0.857 bits per heavy atom. The molecule has 0 rings (SSSR count). The normalized spacial score (nSPS) is 14.5. The molecule has 0 aromatic heterocycles. The molecule has 4 atom stereocenters. The van der Waals surface area contributed by atoms with Crippen LogP contribution in [0, 0.1) is 0 Å². The van der Waals surface area contributed by atoms with Gasteiger partial charge in [-0.3, -0.25) is 13.8 Å². The van der Waals surface area contributed by atoms with Crippen LogP contribution in [-0.4, -0.2) is 59.0 Å². The third-order valence-electron chi connectivity index (χ3n) is 11.3. The van der Waals surface area contributed by atoms with Gasteiger partial charge in [0.15, 0.2) is 0 Å². The van der Waals surface area contributed by atoms with Gasteiger partial charge in [-0.15, -0.1) is 0 Å². The fraction of sp³-hybridized carbons (Fsp3) is 0.978. The predicted molar refractivity (Wildman–Crippen MR) is 237 cm³/mol. The summed E-state index contributed by atoms with van der Waals surface area (Å²) in [6, 6.07) is -0.891. The number of unbranched alkanes of at least 4 members (excludes halogenated alkanes) is 32. The summed E-state index contributed by atoms with van der Waals surface area (Å²) >= 11 is 0. The highest BCUT2D eigenvalue weighted by molar-refractivity contribution is 7.47. The minimum atomic E-state index is -4.37. The summed E-state index contributed by atoms with van der Waals surface area (Å²) in [6.07, 6.45) is 42.9. The average molecular weight is 819 g/mol. The Bertz CT molecular complexity index is 867. The van der Waals surface area contributed by atoms with Crippen LogP contribution < -0.4 is 11.1 Å². The topological polar surface area (TPSA) is 151 Å². The molecule has 6 N–H and O–H groups in total. The second kappa shape index (κ2) is 42.6. The van der Waals surface area contributed by atoms with Crippen LogP contribution in [-0.2, 0) is 18.4 Å². The van der Waals surface area contributed by atoms with Crippen LogP contribution in [0.25, 0.3) is 0 Å². The van der Waals surface area contributed by atoms with Gasteiger partial charge in [0.2, 0.25) is 5.91 Å². The molecule has 9 nitrogen and oxygen atoms in total. The van der Waals surface area contributed by atoms with Gasteiger partial charge in [-0.05, 0) is 12.8 Å². The number of hydrogen-bond acceptors (Lipinski definition) is 7. The van der Waals surface area contributed by atoms with E-state index in [-0.39, 0.29) is 26.2 Å². The Hall–Kier alpha value is -0.540. The highest BCUT2D eigenvalue weighted by atomic mass is 31.2. The van der Waals surface area contributed by atoms with Crippen LogP contribution in [0.2, 0.25) is 0 Å². The number of hydrogen-bond donors (Lipinski definition) is 5. The molecule has 56 heavy (non-hydrogen) atoms. The molecule has 0 aliphatic carbocycles. The van der Waals surface area contributed by atoms with E-state index in [1.54, 1.807) is 0 Å². The standard InChI is InChI=1S/C46H95N2O7P/c1-3-5-7-9-11-13-15-17-18-19-20-21-22-23-24-26-28-30-32-34-36-38-45(50)44(42-55-56(52,53)54-40-39-47)48-46(51)41-43(49)37-35-33-31-29-27-25-16-14-12-10-8-6-4-2/h43-45,49-50H,3-42,47H2,1-2H3,(H,48,51)(H,52,53). The fourth-order valence-corrected chi connectivity index (χ4v) is 8.35. The first kappa shape index (κ1) is 55.5. The molecule has 0 radical (unpaired) electrons. The molecule has 4 unspecified atom stereocenters. The van der Waals surface area contributed by atoms with Crippen molar-refractivity contribution in [3.63, 3.8) is 0 Å². The number of carbonyl (C=O) groups is 1. The number of phosphoric ester groups is 1. The minimum Gasteiger partial charge on any atom is -0.393 e. The van der Waals surface area contributed by atoms with E-state index in [9.17, 15) is 24.5 Å². The highest BCUT2D eigenvalue weighted by Crippen LogP contribution is 2.43. The lowest BCUT2D eigenvalue weighted by molar-refractivity contribution is -0.125. The molecule has 0 aromatic carbocycles. The van der Waals surface area contributed by atoms with E-state index in [4.69, 9.17) is 14.8 Å². The summed E-state index contributed by atoms with van der Waals surface area (Å²) in [5.41, 5.74) is 5.38. The van der Waals surface area contributed by atoms with Gasteiger partial charge in [-0.2, -0.15) is 0 Å². The average Bonchev–Trinajstić information content (AvgIpc) is 3.17. The van der Waals surface area contributed by atoms with Crippen molar-refractivity contribution in [2.24, 2.45) is 5.73 Å². The number of amides is 1. The summed E-state index contributed by atoms with van der Waals surface area (Å²) in [5.74, 6) is -0.408. The maximum atomic E-state index is 12.8. The minimum absolute atomic E-state index is 0.0628. The number of nitrogens with one attached hydrogen (secondary N) is 1. The number of aliphatic hydroxyl groups is 2. The molecular formula is C46H95N2O7P. The van der Waals surface area contributed by atoms with Crippen LogP contribution in [0.1, 0.15) is 251 Å². The van der Waals surface area contributed by atoms with Gasteiger partial charge >= 0.3 is 7.82 Å². The first-order valence-electron chi connectivity index (χ1n) is 24.2. The summed E-state index contributed by atoms with van der Waals surface area (Å²) < 4.78 is 22.2. The maximum absolute atomic E-state index is 12.8. The van der Waals surface area contributed by atoms with E-state index < -0.39 is 32.0 Å². The molecular weight excluding hydrogens is 723 g/mol. The van der Waals surface area contributed by atoms with Crippen LogP contribution in [0.5, 0.6) is 0 Å². The molecule has 336 valence electrons. The van der Waals surface area contributed by atoms with Crippen molar-refractivity contribution in [3.05, 3.63) is 0 Å². The van der Waals surface area contributed by atoms with Gasteiger partial charge < -0.3 is 26.2 Å². The second-order valence-electron chi connectivity index (χ2n) is 16.9. The van der Waals surface area contributed by atoms with Crippen molar-refractivity contribution in [1.82, 2.24) is 5.32 Å². The first-order chi connectivity index (χ1) is 27.3. The summed E-state index contributed by atoms with van der Waals surface area (Å²) in [5, 5.41) is 24.2. The molecule has 0 saturated carbocycles. The lowest BCUT2D eigenvalue weighted by Gasteiger charge is -2.25. The molecule has 1 amide bonds. The molecule has 0 aromatic rings. The smallest absolute Gasteiger partial charge is 0.393 e. The summed E-state index contributed by atoms with van der Waals surface area (Å²) in [4.78, 5) is 22.8. The molecule has 0 spiro atoms. The van der Waals surface area contributed by atoms with Crippen LogP contribution in [0.4, 0.5) is 0 Å². The maximum Gasteiger partial charge on any atom is 0.472 e. The van der Waals surface area contributed by atoms with E-state index in [1.807, 2.05) is 0 Å². The Balaban J connectivity index is 4.14. The van der Waals surface area contributed by atoms with Crippen LogP contribution >= 0.6 is 7.82 Å². The van der Waals surface area contributed by atoms with Gasteiger partial charge in [0.05, 0.1) is 37.9 Å². The van der Waals surface area contributed by atoms with E-state index >= 15 is 0 Å². The van der Waals surface area contributed by atoms with Gasteiger partial charge in [0, 0.05) is 6.54 Å². The quantitative estimate of drug-likeness (QED) is 0.0301. The number of nitrogens with two attached hydrogens (primary N) is 1. The van der Waals surface area contributed by atoms with Gasteiger partial charge in [-0.1, -0.05) is 232 Å². The van der Waals surface area contributed by atoms with Crippen molar-refractivity contribution < 1.29 is 33.5 Å². The molecule has 0 saturated heterocycles. The number of rotatable bonds is 46. The lowest BCUT2D eigenvalue weighted by atomic mass is 10.0. The molecule has 0 aliphatic heterocycles. The van der Waals surface area contributed by atoms with Gasteiger partial charge in [-0.25, -0.2) is 4.57 Å². The summed E-state index contributed by atoms with van der Waals surface area (Å²) in [6.45, 7) is 4.08. The predicted octanol–water partition coefficient (Wildman–Crippen LogP) is 12.8. The molecule has 0 bridgehead atoms.